The summed E-state index contributed by atoms with van der Waals surface area (Å²) in [5.74, 6) is 0. The summed E-state index contributed by atoms with van der Waals surface area (Å²) >= 11 is 0. The Morgan fingerprint density at radius 1 is 0.154 bits per heavy atom. The van der Waals surface area contributed by atoms with E-state index in [1.54, 1.807) is 0 Å². The minimum atomic E-state index is 1.28. The number of hydrogen-bond donors (Lipinski definition) is 0. The molecular weight excluding hydrogens is 625 g/mol. The molecule has 0 saturated carbocycles. The van der Waals surface area contributed by atoms with Crippen LogP contribution in [0.5, 0.6) is 0 Å². The molecule has 0 heterocycles. The molecular formula is C52H28. The molecule has 0 spiro atoms. The summed E-state index contributed by atoms with van der Waals surface area (Å²) in [6, 6.07) is 64.1. The van der Waals surface area contributed by atoms with Gasteiger partial charge in [-0.2, -0.15) is 0 Å². The lowest BCUT2D eigenvalue weighted by Gasteiger charge is -2.14. The summed E-state index contributed by atoms with van der Waals surface area (Å²) in [7, 11) is 0. The van der Waals surface area contributed by atoms with E-state index in [-0.39, 0.29) is 0 Å². The first kappa shape index (κ1) is 27.0. The van der Waals surface area contributed by atoms with E-state index >= 15 is 0 Å². The van der Waals surface area contributed by atoms with Crippen molar-refractivity contribution in [2.45, 2.75) is 0 Å². The van der Waals surface area contributed by atoms with Crippen molar-refractivity contribution < 1.29 is 0 Å². The molecule has 2 aliphatic rings. The van der Waals surface area contributed by atoms with Crippen LogP contribution in [0, 0.1) is 0 Å². The third-order valence-electron chi connectivity index (χ3n) is 12.3. The zero-order valence-electron chi connectivity index (χ0n) is 28.2. The first-order valence-electron chi connectivity index (χ1n) is 18.3. The molecule has 236 valence electrons. The second-order valence-electron chi connectivity index (χ2n) is 14.7. The summed E-state index contributed by atoms with van der Waals surface area (Å²) < 4.78 is 0. The van der Waals surface area contributed by atoms with Gasteiger partial charge in [0, 0.05) is 0 Å². The van der Waals surface area contributed by atoms with Gasteiger partial charge >= 0.3 is 0 Å². The molecule has 0 unspecified atom stereocenters. The van der Waals surface area contributed by atoms with Gasteiger partial charge < -0.3 is 0 Å². The maximum Gasteiger partial charge on any atom is -0.00139 e. The summed E-state index contributed by atoms with van der Waals surface area (Å²) in [6.07, 6.45) is 0. The fraction of sp³-hybridized carbons (Fsp3) is 0. The van der Waals surface area contributed by atoms with Crippen molar-refractivity contribution in [2.24, 2.45) is 0 Å². The molecule has 13 rings (SSSR count). The van der Waals surface area contributed by atoms with Gasteiger partial charge in [-0.15, -0.1) is 0 Å². The number of benzene rings is 11. The van der Waals surface area contributed by atoms with E-state index in [2.05, 4.69) is 170 Å². The van der Waals surface area contributed by atoms with Crippen LogP contribution in [-0.2, 0) is 0 Å². The zero-order valence-corrected chi connectivity index (χ0v) is 28.2. The van der Waals surface area contributed by atoms with Crippen molar-refractivity contribution in [3.63, 3.8) is 0 Å². The van der Waals surface area contributed by atoms with Crippen LogP contribution >= 0.6 is 0 Å². The SMILES string of the molecule is c1ccc2c(c1)-c1cccc3c(-c4ccc5c6c4ccc4ccc7c(-c8cccc9c8ccc8c%10ccccc%10ccc98)ccc-5c7c46)ccc-2c13. The van der Waals surface area contributed by atoms with Crippen LogP contribution in [0.15, 0.2) is 170 Å². The van der Waals surface area contributed by atoms with E-state index in [1.165, 1.54) is 131 Å². The molecule has 0 amide bonds. The Labute approximate surface area is 299 Å². The lowest BCUT2D eigenvalue weighted by molar-refractivity contribution is 1.69. The van der Waals surface area contributed by atoms with E-state index < -0.39 is 0 Å². The van der Waals surface area contributed by atoms with Gasteiger partial charge in [0.25, 0.3) is 0 Å². The van der Waals surface area contributed by atoms with Crippen LogP contribution in [0.2, 0.25) is 0 Å². The van der Waals surface area contributed by atoms with Gasteiger partial charge in [0.2, 0.25) is 0 Å². The maximum absolute atomic E-state index is 2.39. The average Bonchev–Trinajstić information content (AvgIpc) is 3.73. The van der Waals surface area contributed by atoms with Gasteiger partial charge in [-0.3, -0.25) is 0 Å². The summed E-state index contributed by atoms with van der Waals surface area (Å²) in [5, 5.41) is 18.6. The van der Waals surface area contributed by atoms with Gasteiger partial charge in [0.1, 0.15) is 0 Å². The zero-order chi connectivity index (χ0) is 33.7. The van der Waals surface area contributed by atoms with Crippen LogP contribution in [0.3, 0.4) is 0 Å². The third kappa shape index (κ3) is 3.24. The molecule has 0 fully saturated rings. The highest BCUT2D eigenvalue weighted by molar-refractivity contribution is 6.36. The molecule has 2 aliphatic carbocycles. The van der Waals surface area contributed by atoms with Crippen LogP contribution in [0.4, 0.5) is 0 Å². The fourth-order valence-corrected chi connectivity index (χ4v) is 10.2. The Bertz CT molecular complexity index is 3420. The molecule has 11 aromatic rings. The predicted octanol–water partition coefficient (Wildman–Crippen LogP) is 14.7. The van der Waals surface area contributed by atoms with Gasteiger partial charge in [0.05, 0.1) is 0 Å². The molecule has 0 heteroatoms. The summed E-state index contributed by atoms with van der Waals surface area (Å²) in [5.41, 5.74) is 13.2. The molecule has 0 N–H and O–H groups in total. The smallest absolute Gasteiger partial charge is 0.00139 e. The Hall–Kier alpha value is -6.76. The van der Waals surface area contributed by atoms with Crippen molar-refractivity contribution >= 4 is 75.4 Å². The highest BCUT2D eigenvalue weighted by atomic mass is 14.3. The monoisotopic (exact) mass is 652 g/mol. The highest BCUT2D eigenvalue weighted by Gasteiger charge is 2.26. The summed E-state index contributed by atoms with van der Waals surface area (Å²) in [4.78, 5) is 0. The molecule has 0 radical (unpaired) electrons. The Morgan fingerprint density at radius 3 is 1.25 bits per heavy atom. The molecule has 0 aromatic heterocycles. The minimum Gasteiger partial charge on any atom is -0.0616 e. The molecule has 52 heavy (non-hydrogen) atoms. The number of rotatable bonds is 2. The van der Waals surface area contributed by atoms with Gasteiger partial charge in [-0.1, -0.05) is 170 Å². The lowest BCUT2D eigenvalue weighted by atomic mass is 9.89. The topological polar surface area (TPSA) is 0 Å². The maximum atomic E-state index is 2.39. The van der Waals surface area contributed by atoms with Gasteiger partial charge in [0.15, 0.2) is 0 Å². The Morgan fingerprint density at radius 2 is 0.538 bits per heavy atom. The van der Waals surface area contributed by atoms with E-state index in [4.69, 9.17) is 0 Å². The minimum absolute atomic E-state index is 1.28. The van der Waals surface area contributed by atoms with Crippen LogP contribution in [0.25, 0.3) is 131 Å². The van der Waals surface area contributed by atoms with E-state index in [0.717, 1.165) is 0 Å². The highest BCUT2D eigenvalue weighted by Crippen LogP contribution is 2.54. The second kappa shape index (κ2) is 9.51. The van der Waals surface area contributed by atoms with E-state index in [1.807, 2.05) is 0 Å². The van der Waals surface area contributed by atoms with Gasteiger partial charge in [-0.05, 0) is 131 Å². The van der Waals surface area contributed by atoms with Crippen LogP contribution < -0.4 is 0 Å². The fourth-order valence-electron chi connectivity index (χ4n) is 10.2. The average molecular weight is 653 g/mol. The van der Waals surface area contributed by atoms with Crippen LogP contribution in [-0.4, -0.2) is 0 Å². The van der Waals surface area contributed by atoms with Crippen LogP contribution in [0.1, 0.15) is 0 Å². The van der Waals surface area contributed by atoms with Crippen molar-refractivity contribution in [2.75, 3.05) is 0 Å². The molecule has 0 saturated heterocycles. The van der Waals surface area contributed by atoms with Crippen molar-refractivity contribution in [3.8, 4) is 55.6 Å². The van der Waals surface area contributed by atoms with Crippen molar-refractivity contribution in [3.05, 3.63) is 170 Å². The van der Waals surface area contributed by atoms with E-state index in [0.29, 0.717) is 0 Å². The number of hydrogen-bond acceptors (Lipinski definition) is 0. The third-order valence-corrected chi connectivity index (χ3v) is 12.3. The van der Waals surface area contributed by atoms with Gasteiger partial charge in [-0.25, -0.2) is 0 Å². The molecule has 0 atom stereocenters. The Kier molecular flexibility index (Phi) is 4.94. The normalized spacial score (nSPS) is 12.6. The van der Waals surface area contributed by atoms with Crippen molar-refractivity contribution in [1.82, 2.24) is 0 Å². The largest absolute Gasteiger partial charge is 0.0616 e. The number of fused-ring (bicyclic) bond motifs is 9. The Balaban J connectivity index is 1.06. The quantitative estimate of drug-likeness (QED) is 0.163. The van der Waals surface area contributed by atoms with E-state index in [9.17, 15) is 0 Å². The molecule has 0 aliphatic heterocycles. The molecule has 11 aromatic carbocycles. The predicted molar refractivity (Wildman–Crippen MR) is 223 cm³/mol. The molecule has 0 bridgehead atoms. The first-order chi connectivity index (χ1) is 25.8. The second-order valence-corrected chi connectivity index (χ2v) is 14.7. The lowest BCUT2D eigenvalue weighted by Crippen LogP contribution is -1.87. The summed E-state index contributed by atoms with van der Waals surface area (Å²) in [6.45, 7) is 0. The first-order valence-corrected chi connectivity index (χ1v) is 18.3. The standard InChI is InChI=1S/C52H28/c1-2-8-31-29(7-1)15-18-37-32-11-5-12-33(38(32)22-21-36(31)37)39-24-27-47-48-28-25-41(46-20-17-30-16-19-45(39)51(47)49(30)52(46)48)40-23-26-44-35-10-4-3-9-34(35)42-13-6-14-43(40)50(42)44/h1-28H. The molecule has 0 nitrogen and oxygen atoms in total. The van der Waals surface area contributed by atoms with Crippen molar-refractivity contribution in [1.29, 1.82) is 0 Å².